The molecule has 2 atom stereocenters. The Morgan fingerprint density at radius 1 is 1.16 bits per heavy atom. The monoisotopic (exact) mass is 552 g/mol. The molecule has 2 amide bonds. The van der Waals surface area contributed by atoms with Crippen molar-refractivity contribution in [1.82, 2.24) is 20.2 Å². The molecule has 0 aliphatic carbocycles. The van der Waals surface area contributed by atoms with E-state index in [0.29, 0.717) is 24.8 Å². The number of nitrogens with one attached hydrogen (secondary N) is 1. The van der Waals surface area contributed by atoms with Gasteiger partial charge >= 0.3 is 13.2 Å². The molecule has 1 aromatic heterocycles. The number of alkyl carbamates (subject to hydrolysis) is 1. The number of hydrogen-bond acceptors (Lipinski definition) is 9. The first kappa shape index (κ1) is 30.3. The number of rotatable bonds is 7. The van der Waals surface area contributed by atoms with Crippen LogP contribution in [-0.2, 0) is 28.7 Å². The number of aromatic nitrogens is 2. The number of sulfone groups is 1. The van der Waals surface area contributed by atoms with Crippen molar-refractivity contribution in [2.45, 2.75) is 109 Å². The largest absolute Gasteiger partial charge is 0.498 e. The SMILES string of the molecule is CC(C)[C@@H](NC(=O)OC(C)(C)C)C(=O)N1CCC[C@H]1CS(=O)(=O)c1ncc(B2OC(C)(C)C(C)(C)O2)cn1. The second-order valence-corrected chi connectivity index (χ2v) is 14.3. The van der Waals surface area contributed by atoms with Gasteiger partial charge in [-0.15, -0.1) is 0 Å². The van der Waals surface area contributed by atoms with E-state index in [-0.39, 0.29) is 22.7 Å². The quantitative estimate of drug-likeness (QED) is 0.398. The van der Waals surface area contributed by atoms with Crippen molar-refractivity contribution in [3.63, 3.8) is 0 Å². The molecule has 3 rings (SSSR count). The highest BCUT2D eigenvalue weighted by Gasteiger charge is 2.52. The smallest absolute Gasteiger partial charge is 0.444 e. The lowest BCUT2D eigenvalue weighted by atomic mass is 9.81. The zero-order valence-corrected chi connectivity index (χ0v) is 24.7. The molecule has 38 heavy (non-hydrogen) atoms. The Hall–Kier alpha value is -2.25. The van der Waals surface area contributed by atoms with E-state index in [2.05, 4.69) is 15.3 Å². The summed E-state index contributed by atoms with van der Waals surface area (Å²) in [6.07, 6.45) is 3.29. The highest BCUT2D eigenvalue weighted by atomic mass is 32.2. The summed E-state index contributed by atoms with van der Waals surface area (Å²) in [5, 5.41) is 2.34. The molecule has 0 bridgehead atoms. The molecule has 1 aromatic rings. The number of hydrogen-bond donors (Lipinski definition) is 1. The molecule has 212 valence electrons. The minimum absolute atomic E-state index is 0.223. The Kier molecular flexibility index (Phi) is 8.55. The standard InChI is InChI=1S/C25H41BN4O7S/c1-16(2)19(29-22(32)35-23(3,4)5)20(31)30-12-10-11-18(30)15-38(33,34)21-27-13-17(14-28-21)26-36-24(6,7)25(8,9)37-26/h13-14,16,18-19H,10-12,15H2,1-9H3,(H,29,32)/t18-,19+/m0/s1. The first-order valence-corrected chi connectivity index (χ1v) is 14.7. The summed E-state index contributed by atoms with van der Waals surface area (Å²) < 4.78 is 43.7. The Bertz CT molecular complexity index is 1120. The van der Waals surface area contributed by atoms with Crippen molar-refractivity contribution in [3.8, 4) is 0 Å². The molecule has 3 heterocycles. The van der Waals surface area contributed by atoms with Gasteiger partial charge in [0.05, 0.1) is 17.0 Å². The van der Waals surface area contributed by atoms with E-state index in [9.17, 15) is 18.0 Å². The molecule has 2 saturated heterocycles. The van der Waals surface area contributed by atoms with Crippen molar-refractivity contribution < 1.29 is 32.1 Å². The number of carbonyl (C=O) groups is 2. The van der Waals surface area contributed by atoms with Crippen molar-refractivity contribution in [3.05, 3.63) is 12.4 Å². The van der Waals surface area contributed by atoms with Crippen LogP contribution in [0.2, 0.25) is 0 Å². The van der Waals surface area contributed by atoms with E-state index in [4.69, 9.17) is 14.0 Å². The summed E-state index contributed by atoms with van der Waals surface area (Å²) in [6.45, 7) is 17.0. The lowest BCUT2D eigenvalue weighted by Crippen LogP contribution is -2.54. The van der Waals surface area contributed by atoms with Gasteiger partial charge in [-0.2, -0.15) is 0 Å². The maximum absolute atomic E-state index is 13.4. The van der Waals surface area contributed by atoms with Crippen LogP contribution in [0.3, 0.4) is 0 Å². The van der Waals surface area contributed by atoms with E-state index in [0.717, 1.165) is 0 Å². The molecule has 0 spiro atoms. The second kappa shape index (κ2) is 10.7. The minimum atomic E-state index is -3.90. The molecule has 0 radical (unpaired) electrons. The van der Waals surface area contributed by atoms with Gasteiger partial charge < -0.3 is 24.3 Å². The summed E-state index contributed by atoms with van der Waals surface area (Å²) in [7, 11) is -4.60. The van der Waals surface area contributed by atoms with Gasteiger partial charge in [0, 0.05) is 30.4 Å². The number of carbonyl (C=O) groups excluding carboxylic acids is 2. The van der Waals surface area contributed by atoms with E-state index in [1.54, 1.807) is 25.7 Å². The Balaban J connectivity index is 1.71. The second-order valence-electron chi connectivity index (χ2n) is 12.4. The molecular formula is C25H41BN4O7S. The van der Waals surface area contributed by atoms with Crippen LogP contribution in [0.15, 0.2) is 17.6 Å². The summed E-state index contributed by atoms with van der Waals surface area (Å²) in [5.41, 5.74) is -1.29. The lowest BCUT2D eigenvalue weighted by Gasteiger charge is -2.32. The molecule has 0 aromatic carbocycles. The van der Waals surface area contributed by atoms with Crippen LogP contribution >= 0.6 is 0 Å². The van der Waals surface area contributed by atoms with Gasteiger partial charge in [-0.1, -0.05) is 13.8 Å². The number of likely N-dealkylation sites (tertiary alicyclic amines) is 1. The Labute approximate surface area is 226 Å². The van der Waals surface area contributed by atoms with E-state index in [1.807, 2.05) is 41.5 Å². The van der Waals surface area contributed by atoms with Gasteiger partial charge in [0.2, 0.25) is 20.9 Å². The zero-order chi connectivity index (χ0) is 28.7. The fraction of sp³-hybridized carbons (Fsp3) is 0.760. The lowest BCUT2D eigenvalue weighted by molar-refractivity contribution is -0.135. The summed E-state index contributed by atoms with van der Waals surface area (Å²) in [6, 6.07) is -1.40. The van der Waals surface area contributed by atoms with Gasteiger partial charge in [0.15, 0.2) is 0 Å². The van der Waals surface area contributed by atoms with Crippen molar-refractivity contribution in [1.29, 1.82) is 0 Å². The van der Waals surface area contributed by atoms with E-state index in [1.165, 1.54) is 12.4 Å². The minimum Gasteiger partial charge on any atom is -0.444 e. The van der Waals surface area contributed by atoms with Crippen LogP contribution in [0, 0.1) is 5.92 Å². The van der Waals surface area contributed by atoms with Crippen molar-refractivity contribution in [2.24, 2.45) is 5.92 Å². The summed E-state index contributed by atoms with van der Waals surface area (Å²) in [5.74, 6) is -0.870. The third kappa shape index (κ3) is 6.84. The number of amides is 2. The van der Waals surface area contributed by atoms with E-state index >= 15 is 0 Å². The molecule has 11 nitrogen and oxygen atoms in total. The molecular weight excluding hydrogens is 511 g/mol. The van der Waals surface area contributed by atoms with Gasteiger partial charge in [-0.05, 0) is 67.2 Å². The predicted octanol–water partition coefficient (Wildman–Crippen LogP) is 2.09. The van der Waals surface area contributed by atoms with Gasteiger partial charge in [-0.3, -0.25) is 4.79 Å². The third-order valence-electron chi connectivity index (χ3n) is 7.13. The predicted molar refractivity (Wildman–Crippen MR) is 143 cm³/mol. The zero-order valence-electron chi connectivity index (χ0n) is 23.9. The average Bonchev–Trinajstić information content (AvgIpc) is 3.30. The molecule has 2 fully saturated rings. The molecule has 2 aliphatic rings. The summed E-state index contributed by atoms with van der Waals surface area (Å²) >= 11 is 0. The highest BCUT2D eigenvalue weighted by molar-refractivity contribution is 7.91. The van der Waals surface area contributed by atoms with Crippen LogP contribution < -0.4 is 10.8 Å². The van der Waals surface area contributed by atoms with Gasteiger partial charge in [-0.25, -0.2) is 23.2 Å². The van der Waals surface area contributed by atoms with Crippen molar-refractivity contribution >= 4 is 34.4 Å². The average molecular weight is 553 g/mol. The normalized spacial score (nSPS) is 22.0. The third-order valence-corrected chi connectivity index (χ3v) is 8.72. The first-order chi connectivity index (χ1) is 17.3. The van der Waals surface area contributed by atoms with E-state index < -0.39 is 51.9 Å². The molecule has 1 N–H and O–H groups in total. The topological polar surface area (TPSA) is 137 Å². The van der Waals surface area contributed by atoms with Crippen LogP contribution in [0.1, 0.15) is 75.2 Å². The van der Waals surface area contributed by atoms with Crippen LogP contribution in [0.25, 0.3) is 0 Å². The molecule has 0 saturated carbocycles. The van der Waals surface area contributed by atoms with Crippen molar-refractivity contribution in [2.75, 3.05) is 12.3 Å². The number of ether oxygens (including phenoxy) is 1. The summed E-state index contributed by atoms with van der Waals surface area (Å²) in [4.78, 5) is 35.5. The number of nitrogens with zero attached hydrogens (tertiary/aromatic N) is 3. The first-order valence-electron chi connectivity index (χ1n) is 13.0. The fourth-order valence-corrected chi connectivity index (χ4v) is 5.77. The molecule has 0 unspecified atom stereocenters. The van der Waals surface area contributed by atoms with Crippen LogP contribution in [-0.4, -0.2) is 83.6 Å². The Morgan fingerprint density at radius 3 is 2.21 bits per heavy atom. The molecule has 13 heteroatoms. The maximum Gasteiger partial charge on any atom is 0.498 e. The molecule has 2 aliphatic heterocycles. The van der Waals surface area contributed by atoms with Gasteiger partial charge in [0.1, 0.15) is 11.6 Å². The maximum atomic E-state index is 13.4. The fourth-order valence-electron chi connectivity index (χ4n) is 4.34. The Morgan fingerprint density at radius 2 is 1.71 bits per heavy atom. The van der Waals surface area contributed by atoms with Crippen LogP contribution in [0.5, 0.6) is 0 Å². The van der Waals surface area contributed by atoms with Crippen LogP contribution in [0.4, 0.5) is 4.79 Å². The van der Waals surface area contributed by atoms with Gasteiger partial charge in [0.25, 0.3) is 0 Å². The highest BCUT2D eigenvalue weighted by Crippen LogP contribution is 2.36.